The van der Waals surface area contributed by atoms with Crippen LogP contribution >= 0.6 is 11.6 Å². The Bertz CT molecular complexity index is 769. The minimum Gasteiger partial charge on any atom is -0.444 e. The molecule has 0 bridgehead atoms. The van der Waals surface area contributed by atoms with E-state index in [0.717, 1.165) is 0 Å². The average molecular weight is 353 g/mol. The molecule has 1 saturated heterocycles. The van der Waals surface area contributed by atoms with Crippen molar-refractivity contribution in [2.45, 2.75) is 45.1 Å². The third-order valence-electron chi connectivity index (χ3n) is 4.06. The fraction of sp³-hybridized carbons (Fsp3) is 0.625. The minimum absolute atomic E-state index is 0.177. The van der Waals surface area contributed by atoms with Crippen molar-refractivity contribution < 1.29 is 14.6 Å². The number of hydrogen-bond acceptors (Lipinski definition) is 6. The van der Waals surface area contributed by atoms with Crippen molar-refractivity contribution >= 4 is 17.7 Å². The summed E-state index contributed by atoms with van der Waals surface area (Å²) >= 11 is 5.91. The van der Waals surface area contributed by atoms with E-state index in [1.165, 1.54) is 6.20 Å². The highest BCUT2D eigenvalue weighted by Crippen LogP contribution is 2.31. The van der Waals surface area contributed by atoms with E-state index >= 15 is 0 Å². The minimum atomic E-state index is -1.53. The molecule has 0 aliphatic carbocycles. The number of rotatable bonds is 1. The van der Waals surface area contributed by atoms with E-state index in [1.54, 1.807) is 11.0 Å². The standard InChI is InChI=1S/C16H21ClN4O3/c1-15(2,3)24-14(22)21-6-4-10(5-7-21)16(23)19-12-8-11(17)9-18-13(12)20-16/h8-10,23H,4-7H2,1-3H3. The molecule has 1 fully saturated rings. The van der Waals surface area contributed by atoms with E-state index in [4.69, 9.17) is 16.3 Å². The van der Waals surface area contributed by atoms with E-state index < -0.39 is 11.4 Å². The van der Waals surface area contributed by atoms with Crippen LogP contribution in [0, 0.1) is 5.92 Å². The summed E-state index contributed by atoms with van der Waals surface area (Å²) < 4.78 is 5.38. The molecule has 0 radical (unpaired) electrons. The lowest BCUT2D eigenvalue weighted by molar-refractivity contribution is -0.0361. The van der Waals surface area contributed by atoms with Gasteiger partial charge in [-0.3, -0.25) is 0 Å². The second-order valence-corrected chi connectivity index (χ2v) is 7.59. The van der Waals surface area contributed by atoms with Gasteiger partial charge in [0.05, 0.1) is 5.02 Å². The molecule has 1 aromatic heterocycles. The number of hydrogen-bond donors (Lipinski definition) is 1. The largest absolute Gasteiger partial charge is 0.444 e. The van der Waals surface area contributed by atoms with Gasteiger partial charge in [0.15, 0.2) is 5.49 Å². The van der Waals surface area contributed by atoms with Gasteiger partial charge in [-0.2, -0.15) is 0 Å². The van der Waals surface area contributed by atoms with E-state index in [0.29, 0.717) is 41.8 Å². The average Bonchev–Trinajstić information content (AvgIpc) is 2.82. The Morgan fingerprint density at radius 3 is 2.67 bits per heavy atom. The highest BCUT2D eigenvalue weighted by molar-refractivity contribution is 6.30. The van der Waals surface area contributed by atoms with Gasteiger partial charge in [-0.05, 0) is 39.7 Å². The zero-order valence-electron chi connectivity index (χ0n) is 14.0. The molecule has 7 nitrogen and oxygen atoms in total. The first-order valence-corrected chi connectivity index (χ1v) is 8.36. The van der Waals surface area contributed by atoms with Gasteiger partial charge in [0.1, 0.15) is 11.0 Å². The molecule has 2 aliphatic heterocycles. The van der Waals surface area contributed by atoms with Crippen LogP contribution in [0.3, 0.4) is 0 Å². The van der Waals surface area contributed by atoms with E-state index in [-0.39, 0.29) is 12.0 Å². The summed E-state index contributed by atoms with van der Waals surface area (Å²) in [6.07, 6.45) is 2.33. The van der Waals surface area contributed by atoms with Crippen molar-refractivity contribution in [1.29, 1.82) is 0 Å². The first-order valence-electron chi connectivity index (χ1n) is 7.98. The number of aliphatic hydroxyl groups is 1. The van der Waals surface area contributed by atoms with Gasteiger partial charge in [-0.25, -0.2) is 19.8 Å². The van der Waals surface area contributed by atoms with Crippen LogP contribution in [-0.2, 0) is 4.74 Å². The first-order chi connectivity index (χ1) is 11.2. The van der Waals surface area contributed by atoms with Gasteiger partial charge >= 0.3 is 6.09 Å². The van der Waals surface area contributed by atoms with Crippen LogP contribution in [0.1, 0.15) is 33.6 Å². The zero-order chi connectivity index (χ0) is 17.5. The fourth-order valence-electron chi connectivity index (χ4n) is 2.91. The van der Waals surface area contributed by atoms with Crippen molar-refractivity contribution in [2.75, 3.05) is 13.1 Å². The normalized spacial score (nSPS) is 24.1. The molecular weight excluding hydrogens is 332 g/mol. The number of likely N-dealkylation sites (tertiary alicyclic amines) is 1. The predicted octanol–water partition coefficient (Wildman–Crippen LogP) is 1.28. The highest BCUT2D eigenvalue weighted by Gasteiger charge is 2.41. The molecule has 0 aromatic carbocycles. The molecule has 8 heteroatoms. The SMILES string of the molecule is CC(C)(C)OC(=O)N1CCC(C2(O)N=c3cc(Cl)cnc3=N2)CC1. The first kappa shape index (κ1) is 17.1. The molecule has 2 aliphatic rings. The van der Waals surface area contributed by atoms with Gasteiger partial charge in [0.25, 0.3) is 5.85 Å². The van der Waals surface area contributed by atoms with Crippen LogP contribution in [0.25, 0.3) is 0 Å². The molecule has 24 heavy (non-hydrogen) atoms. The summed E-state index contributed by atoms with van der Waals surface area (Å²) in [7, 11) is 0. The van der Waals surface area contributed by atoms with Crippen molar-refractivity contribution in [2.24, 2.45) is 15.9 Å². The van der Waals surface area contributed by atoms with E-state index in [1.807, 2.05) is 20.8 Å². The summed E-state index contributed by atoms with van der Waals surface area (Å²) in [5.41, 5.74) is -0.120. The second-order valence-electron chi connectivity index (χ2n) is 7.15. The van der Waals surface area contributed by atoms with Crippen molar-refractivity contribution in [3.63, 3.8) is 0 Å². The molecular formula is C16H21ClN4O3. The van der Waals surface area contributed by atoms with Gasteiger partial charge in [-0.15, -0.1) is 0 Å². The van der Waals surface area contributed by atoms with Crippen LogP contribution in [0.15, 0.2) is 22.2 Å². The molecule has 1 atom stereocenters. The number of halogens is 1. The maximum Gasteiger partial charge on any atom is 0.410 e. The Balaban J connectivity index is 1.68. The van der Waals surface area contributed by atoms with Crippen molar-refractivity contribution in [3.05, 3.63) is 28.1 Å². The number of nitrogens with zero attached hydrogens (tertiary/aromatic N) is 4. The maximum absolute atomic E-state index is 12.1. The molecule has 0 spiro atoms. The number of aromatic nitrogens is 1. The Morgan fingerprint density at radius 1 is 1.38 bits per heavy atom. The second kappa shape index (κ2) is 5.97. The van der Waals surface area contributed by atoms with Gasteiger partial charge in [0, 0.05) is 25.2 Å². The smallest absolute Gasteiger partial charge is 0.410 e. The topological polar surface area (TPSA) is 87.4 Å². The monoisotopic (exact) mass is 352 g/mol. The van der Waals surface area contributed by atoms with E-state index in [9.17, 15) is 9.90 Å². The lowest BCUT2D eigenvalue weighted by Crippen LogP contribution is -2.46. The third kappa shape index (κ3) is 3.52. The fourth-order valence-corrected chi connectivity index (χ4v) is 3.06. The Kier molecular flexibility index (Phi) is 4.25. The Labute approximate surface area is 145 Å². The van der Waals surface area contributed by atoms with Gasteiger partial charge in [0.2, 0.25) is 0 Å². The quantitative estimate of drug-likeness (QED) is 0.824. The lowest BCUT2D eigenvalue weighted by Gasteiger charge is -2.36. The number of carbonyl (C=O) groups excluding carboxylic acids is 1. The number of carbonyl (C=O) groups is 1. The highest BCUT2D eigenvalue weighted by atomic mass is 35.5. The van der Waals surface area contributed by atoms with Crippen LogP contribution in [-0.4, -0.2) is 45.6 Å². The Morgan fingerprint density at radius 2 is 2.04 bits per heavy atom. The molecule has 3 rings (SSSR count). The summed E-state index contributed by atoms with van der Waals surface area (Å²) in [5, 5.41) is 11.7. The van der Waals surface area contributed by atoms with Crippen LogP contribution in [0.4, 0.5) is 4.79 Å². The van der Waals surface area contributed by atoms with Gasteiger partial charge < -0.3 is 14.7 Å². The molecule has 3 heterocycles. The number of amides is 1. The van der Waals surface area contributed by atoms with Crippen LogP contribution < -0.4 is 10.8 Å². The van der Waals surface area contributed by atoms with Crippen LogP contribution in [0.5, 0.6) is 0 Å². The van der Waals surface area contributed by atoms with E-state index in [2.05, 4.69) is 15.0 Å². The van der Waals surface area contributed by atoms with Crippen LogP contribution in [0.2, 0.25) is 5.02 Å². The molecule has 0 saturated carbocycles. The summed E-state index contributed by atoms with van der Waals surface area (Å²) in [6, 6.07) is 1.64. The van der Waals surface area contributed by atoms with Crippen molar-refractivity contribution in [1.82, 2.24) is 9.88 Å². The lowest BCUT2D eigenvalue weighted by atomic mass is 9.92. The third-order valence-corrected chi connectivity index (χ3v) is 4.27. The molecule has 1 aromatic rings. The summed E-state index contributed by atoms with van der Waals surface area (Å²) in [4.78, 5) is 26.4. The summed E-state index contributed by atoms with van der Waals surface area (Å²) in [6.45, 7) is 6.51. The number of pyridine rings is 1. The molecule has 1 amide bonds. The number of piperidine rings is 1. The summed E-state index contributed by atoms with van der Waals surface area (Å²) in [5.74, 6) is -1.70. The predicted molar refractivity (Wildman–Crippen MR) is 87.0 cm³/mol. The Hall–Kier alpha value is -1.73. The molecule has 130 valence electrons. The van der Waals surface area contributed by atoms with Crippen molar-refractivity contribution in [3.8, 4) is 0 Å². The maximum atomic E-state index is 12.1. The number of ether oxygens (including phenoxy) is 1. The van der Waals surface area contributed by atoms with Gasteiger partial charge in [-0.1, -0.05) is 11.6 Å². The molecule has 1 unspecified atom stereocenters. The number of fused-ring (bicyclic) bond motifs is 1. The zero-order valence-corrected chi connectivity index (χ0v) is 14.7. The molecule has 1 N–H and O–H groups in total.